The van der Waals surface area contributed by atoms with Crippen molar-refractivity contribution in [2.24, 2.45) is 5.92 Å². The van der Waals surface area contributed by atoms with Gasteiger partial charge in [0.2, 0.25) is 0 Å². The maximum Gasteiger partial charge on any atom is 0.0607 e. The van der Waals surface area contributed by atoms with Gasteiger partial charge in [-0.25, -0.2) is 0 Å². The quantitative estimate of drug-likeness (QED) is 0.313. The largest absolute Gasteiger partial charge is 0.316 e. The van der Waals surface area contributed by atoms with Gasteiger partial charge >= 0.3 is 0 Å². The van der Waals surface area contributed by atoms with Gasteiger partial charge in [0.05, 0.1) is 17.4 Å². The third-order valence-corrected chi connectivity index (χ3v) is 7.96. The molecule has 2 aromatic heterocycles. The van der Waals surface area contributed by atoms with Crippen LogP contribution in [0.5, 0.6) is 0 Å². The van der Waals surface area contributed by atoms with Gasteiger partial charge in [-0.05, 0) is 110 Å². The molecule has 1 aromatic carbocycles. The average molecular weight is 453 g/mol. The molecule has 0 saturated heterocycles. The fourth-order valence-electron chi connectivity index (χ4n) is 5.92. The Balaban J connectivity index is 1.21. The second kappa shape index (κ2) is 9.97. The molecular formula is C30H36N4. The molecule has 0 amide bonds. The molecular weight excluding hydrogens is 416 g/mol. The minimum atomic E-state index is 0.394. The van der Waals surface area contributed by atoms with Gasteiger partial charge in [0.25, 0.3) is 0 Å². The van der Waals surface area contributed by atoms with E-state index in [9.17, 15) is 0 Å². The molecule has 1 fully saturated rings. The Morgan fingerprint density at radius 3 is 2.74 bits per heavy atom. The Labute approximate surface area is 203 Å². The number of benzene rings is 1. The van der Waals surface area contributed by atoms with Gasteiger partial charge in [-0.1, -0.05) is 30.3 Å². The molecule has 0 unspecified atom stereocenters. The Bertz CT molecular complexity index is 1140. The van der Waals surface area contributed by atoms with E-state index in [-0.39, 0.29) is 0 Å². The molecule has 2 heterocycles. The van der Waals surface area contributed by atoms with Crippen molar-refractivity contribution >= 4 is 0 Å². The van der Waals surface area contributed by atoms with Gasteiger partial charge < -0.3 is 5.32 Å². The summed E-state index contributed by atoms with van der Waals surface area (Å²) < 4.78 is 0. The predicted octanol–water partition coefficient (Wildman–Crippen LogP) is 5.71. The third kappa shape index (κ3) is 4.67. The minimum Gasteiger partial charge on any atom is -0.316 e. The topological polar surface area (TPSA) is 41.1 Å². The number of unbranched alkanes of at least 4 members (excludes halogenated alkanes) is 1. The first kappa shape index (κ1) is 21.9. The molecule has 1 saturated carbocycles. The smallest absolute Gasteiger partial charge is 0.0607 e. The highest BCUT2D eigenvalue weighted by atomic mass is 15.2. The van der Waals surface area contributed by atoms with Crippen molar-refractivity contribution in [1.29, 1.82) is 0 Å². The standard InChI is InChI=1S/C30H36N4/c1-2-10-25-24(7-1)19-27-26(25)14-17-32-28(27)21-34(18-4-3-15-31-20-22-12-13-22)29-11-5-8-23-9-6-16-33-30(23)29/h1-2,6-7,9-10,14,16-17,22,29,31H,3-5,8,11-13,15,18-21H2/t29-/m0/s1. The average Bonchev–Trinajstić information content (AvgIpc) is 3.63. The normalized spacial score (nSPS) is 18.6. The number of aryl methyl sites for hydroxylation is 1. The molecule has 0 bridgehead atoms. The Morgan fingerprint density at radius 1 is 0.882 bits per heavy atom. The number of aromatic nitrogens is 2. The molecule has 1 N–H and O–H groups in total. The van der Waals surface area contributed by atoms with Gasteiger partial charge in [-0.3, -0.25) is 14.9 Å². The molecule has 34 heavy (non-hydrogen) atoms. The van der Waals surface area contributed by atoms with E-state index in [4.69, 9.17) is 9.97 Å². The monoisotopic (exact) mass is 452 g/mol. The van der Waals surface area contributed by atoms with Crippen molar-refractivity contribution in [2.75, 3.05) is 19.6 Å². The number of nitrogens with one attached hydrogen (secondary N) is 1. The van der Waals surface area contributed by atoms with Crippen molar-refractivity contribution in [2.45, 2.75) is 64.0 Å². The maximum atomic E-state index is 4.93. The molecule has 4 nitrogen and oxygen atoms in total. The second-order valence-corrected chi connectivity index (χ2v) is 10.4. The summed E-state index contributed by atoms with van der Waals surface area (Å²) >= 11 is 0. The molecule has 3 aliphatic rings. The zero-order valence-corrected chi connectivity index (χ0v) is 20.2. The summed E-state index contributed by atoms with van der Waals surface area (Å²) in [6.07, 6.45) is 13.9. The predicted molar refractivity (Wildman–Crippen MR) is 138 cm³/mol. The van der Waals surface area contributed by atoms with E-state index in [0.29, 0.717) is 6.04 Å². The lowest BCUT2D eigenvalue weighted by molar-refractivity contribution is 0.160. The van der Waals surface area contributed by atoms with Gasteiger partial charge in [-0.15, -0.1) is 0 Å². The van der Waals surface area contributed by atoms with Crippen molar-refractivity contribution < 1.29 is 0 Å². The number of hydrogen-bond acceptors (Lipinski definition) is 4. The van der Waals surface area contributed by atoms with E-state index in [1.54, 1.807) is 0 Å². The Morgan fingerprint density at radius 2 is 1.79 bits per heavy atom. The zero-order valence-electron chi connectivity index (χ0n) is 20.2. The molecule has 3 aliphatic carbocycles. The fourth-order valence-corrected chi connectivity index (χ4v) is 5.92. The molecule has 0 radical (unpaired) electrons. The van der Waals surface area contributed by atoms with E-state index in [0.717, 1.165) is 38.4 Å². The van der Waals surface area contributed by atoms with Crippen LogP contribution in [-0.4, -0.2) is 34.5 Å². The lowest BCUT2D eigenvalue weighted by Crippen LogP contribution is -2.33. The van der Waals surface area contributed by atoms with Crippen molar-refractivity contribution in [3.63, 3.8) is 0 Å². The van der Waals surface area contributed by atoms with Crippen LogP contribution in [0, 0.1) is 5.92 Å². The van der Waals surface area contributed by atoms with Crippen LogP contribution >= 0.6 is 0 Å². The maximum absolute atomic E-state index is 4.93. The van der Waals surface area contributed by atoms with Gasteiger partial charge in [0, 0.05) is 25.4 Å². The van der Waals surface area contributed by atoms with Crippen LogP contribution in [0.1, 0.15) is 72.6 Å². The first-order chi connectivity index (χ1) is 16.9. The minimum absolute atomic E-state index is 0.394. The highest BCUT2D eigenvalue weighted by Crippen LogP contribution is 2.39. The second-order valence-electron chi connectivity index (χ2n) is 10.4. The summed E-state index contributed by atoms with van der Waals surface area (Å²) in [6, 6.07) is 15.8. The number of hydrogen-bond donors (Lipinski definition) is 1. The van der Waals surface area contributed by atoms with Gasteiger partial charge in [0.1, 0.15) is 0 Å². The SMILES string of the molecule is c1ccc2c(c1)Cc1c-2ccnc1CN(CCCCNCC1CC1)[C@H]1CCCc2cccnc21. The van der Waals surface area contributed by atoms with Crippen LogP contribution in [0.15, 0.2) is 54.9 Å². The summed E-state index contributed by atoms with van der Waals surface area (Å²) in [5.41, 5.74) is 9.63. The van der Waals surface area contributed by atoms with Crippen LogP contribution in [0.25, 0.3) is 11.1 Å². The highest BCUT2D eigenvalue weighted by Gasteiger charge is 2.29. The first-order valence-electron chi connectivity index (χ1n) is 13.3. The van der Waals surface area contributed by atoms with Crippen LogP contribution in [0.4, 0.5) is 0 Å². The van der Waals surface area contributed by atoms with Crippen LogP contribution in [0.2, 0.25) is 0 Å². The van der Waals surface area contributed by atoms with E-state index in [1.165, 1.54) is 84.3 Å². The van der Waals surface area contributed by atoms with E-state index in [1.807, 2.05) is 12.4 Å². The number of nitrogens with zero attached hydrogens (tertiary/aromatic N) is 3. The zero-order chi connectivity index (χ0) is 22.7. The molecule has 0 spiro atoms. The van der Waals surface area contributed by atoms with E-state index >= 15 is 0 Å². The molecule has 3 aromatic rings. The molecule has 6 rings (SSSR count). The molecule has 1 atom stereocenters. The summed E-state index contributed by atoms with van der Waals surface area (Å²) in [5, 5.41) is 3.67. The number of pyridine rings is 2. The highest BCUT2D eigenvalue weighted by molar-refractivity contribution is 5.77. The molecule has 4 heteroatoms. The van der Waals surface area contributed by atoms with Gasteiger partial charge in [0.15, 0.2) is 0 Å². The van der Waals surface area contributed by atoms with Crippen molar-refractivity contribution in [1.82, 2.24) is 20.2 Å². The number of fused-ring (bicyclic) bond motifs is 4. The fraction of sp³-hybridized carbons (Fsp3) is 0.467. The summed E-state index contributed by atoms with van der Waals surface area (Å²) in [5.74, 6) is 0.955. The molecule has 0 aliphatic heterocycles. The van der Waals surface area contributed by atoms with E-state index in [2.05, 4.69) is 52.7 Å². The molecule has 176 valence electrons. The van der Waals surface area contributed by atoms with Crippen molar-refractivity contribution in [3.8, 4) is 11.1 Å². The Hall–Kier alpha value is -2.56. The van der Waals surface area contributed by atoms with Crippen molar-refractivity contribution in [3.05, 3.63) is 82.9 Å². The summed E-state index contributed by atoms with van der Waals surface area (Å²) in [7, 11) is 0. The lowest BCUT2D eigenvalue weighted by atomic mass is 9.90. The van der Waals surface area contributed by atoms with Crippen LogP contribution < -0.4 is 5.32 Å². The lowest BCUT2D eigenvalue weighted by Gasteiger charge is -2.35. The van der Waals surface area contributed by atoms with E-state index < -0.39 is 0 Å². The Kier molecular flexibility index (Phi) is 6.43. The van der Waals surface area contributed by atoms with Gasteiger partial charge in [-0.2, -0.15) is 0 Å². The summed E-state index contributed by atoms with van der Waals surface area (Å²) in [6.45, 7) is 4.36. The number of rotatable bonds is 10. The van der Waals surface area contributed by atoms with Crippen LogP contribution in [0.3, 0.4) is 0 Å². The third-order valence-electron chi connectivity index (χ3n) is 7.96. The first-order valence-corrected chi connectivity index (χ1v) is 13.3. The summed E-state index contributed by atoms with van der Waals surface area (Å²) in [4.78, 5) is 12.5. The van der Waals surface area contributed by atoms with Crippen LogP contribution in [-0.2, 0) is 19.4 Å².